The van der Waals surface area contributed by atoms with Crippen LogP contribution >= 0.6 is 0 Å². The first-order valence-electron chi connectivity index (χ1n) is 7.72. The third kappa shape index (κ3) is 3.50. The summed E-state index contributed by atoms with van der Waals surface area (Å²) in [6.07, 6.45) is 3.75. The van der Waals surface area contributed by atoms with Crippen LogP contribution in [-0.4, -0.2) is 39.1 Å². The zero-order chi connectivity index (χ0) is 15.5. The fourth-order valence-electron chi connectivity index (χ4n) is 2.84. The average molecular weight is 298 g/mol. The highest BCUT2D eigenvalue weighted by Gasteiger charge is 2.21. The standard InChI is InChI=1S/C16H22N6/c1-11-9-15(18-10-17-11)22-6-4-14(5-7-22)21-16-19-12(2)8-13(3)20-16/h8-10,14H,4-7H2,1-3H3,(H,19,20,21). The van der Waals surface area contributed by atoms with Gasteiger partial charge in [0.25, 0.3) is 0 Å². The highest BCUT2D eigenvalue weighted by molar-refractivity contribution is 5.40. The van der Waals surface area contributed by atoms with Gasteiger partial charge in [0.1, 0.15) is 12.1 Å². The van der Waals surface area contributed by atoms with E-state index in [0.717, 1.165) is 54.8 Å². The molecule has 3 rings (SSSR count). The van der Waals surface area contributed by atoms with E-state index in [0.29, 0.717) is 6.04 Å². The van der Waals surface area contributed by atoms with Crippen LogP contribution in [0.2, 0.25) is 0 Å². The van der Waals surface area contributed by atoms with Gasteiger partial charge in [-0.1, -0.05) is 0 Å². The molecule has 6 nitrogen and oxygen atoms in total. The van der Waals surface area contributed by atoms with Gasteiger partial charge in [-0.3, -0.25) is 0 Å². The molecule has 0 unspecified atom stereocenters. The van der Waals surface area contributed by atoms with Crippen LogP contribution in [-0.2, 0) is 0 Å². The lowest BCUT2D eigenvalue weighted by atomic mass is 10.1. The molecule has 2 aromatic heterocycles. The molecule has 0 saturated carbocycles. The van der Waals surface area contributed by atoms with Gasteiger partial charge < -0.3 is 10.2 Å². The summed E-state index contributed by atoms with van der Waals surface area (Å²) in [6, 6.07) is 4.45. The van der Waals surface area contributed by atoms with Gasteiger partial charge in [-0.05, 0) is 39.7 Å². The van der Waals surface area contributed by atoms with Crippen molar-refractivity contribution in [3.05, 3.63) is 35.5 Å². The van der Waals surface area contributed by atoms with Gasteiger partial charge in [-0.25, -0.2) is 19.9 Å². The van der Waals surface area contributed by atoms with E-state index < -0.39 is 0 Å². The second-order valence-corrected chi connectivity index (χ2v) is 5.90. The Bertz CT molecular complexity index is 629. The molecular weight excluding hydrogens is 276 g/mol. The maximum absolute atomic E-state index is 4.46. The molecular formula is C16H22N6. The van der Waals surface area contributed by atoms with Gasteiger partial charge in [0.05, 0.1) is 0 Å². The molecule has 1 N–H and O–H groups in total. The van der Waals surface area contributed by atoms with E-state index in [1.54, 1.807) is 6.33 Å². The normalized spacial score (nSPS) is 15.9. The summed E-state index contributed by atoms with van der Waals surface area (Å²) >= 11 is 0. The predicted octanol–water partition coefficient (Wildman–Crippen LogP) is 2.27. The van der Waals surface area contributed by atoms with Crippen LogP contribution in [0.25, 0.3) is 0 Å². The highest BCUT2D eigenvalue weighted by atomic mass is 15.2. The molecule has 0 spiro atoms. The molecule has 1 saturated heterocycles. The summed E-state index contributed by atoms with van der Waals surface area (Å²) in [5.41, 5.74) is 3.02. The lowest BCUT2D eigenvalue weighted by Gasteiger charge is -2.33. The second kappa shape index (κ2) is 6.25. The summed E-state index contributed by atoms with van der Waals surface area (Å²) in [7, 11) is 0. The molecule has 3 heterocycles. The van der Waals surface area contributed by atoms with Gasteiger partial charge in [0.15, 0.2) is 0 Å². The van der Waals surface area contributed by atoms with Crippen molar-refractivity contribution in [1.29, 1.82) is 0 Å². The van der Waals surface area contributed by atoms with Gasteiger partial charge >= 0.3 is 0 Å². The van der Waals surface area contributed by atoms with E-state index in [4.69, 9.17) is 0 Å². The van der Waals surface area contributed by atoms with E-state index in [2.05, 4.69) is 30.2 Å². The third-order valence-electron chi connectivity index (χ3n) is 3.92. The Labute approximate surface area is 131 Å². The van der Waals surface area contributed by atoms with Crippen LogP contribution in [0.15, 0.2) is 18.5 Å². The number of piperidine rings is 1. The third-order valence-corrected chi connectivity index (χ3v) is 3.92. The molecule has 0 aromatic carbocycles. The molecule has 22 heavy (non-hydrogen) atoms. The molecule has 1 fully saturated rings. The lowest BCUT2D eigenvalue weighted by molar-refractivity contribution is 0.520. The smallest absolute Gasteiger partial charge is 0.223 e. The monoisotopic (exact) mass is 298 g/mol. The van der Waals surface area contributed by atoms with Crippen LogP contribution in [0.4, 0.5) is 11.8 Å². The quantitative estimate of drug-likeness (QED) is 0.937. The number of aromatic nitrogens is 4. The fourth-order valence-corrected chi connectivity index (χ4v) is 2.84. The summed E-state index contributed by atoms with van der Waals surface area (Å²) in [5.74, 6) is 1.77. The lowest BCUT2D eigenvalue weighted by Crippen LogP contribution is -2.39. The molecule has 1 aliphatic heterocycles. The van der Waals surface area contributed by atoms with E-state index in [1.807, 2.05) is 32.9 Å². The Morgan fingerprint density at radius 2 is 1.64 bits per heavy atom. The van der Waals surface area contributed by atoms with Gasteiger partial charge in [0, 0.05) is 42.3 Å². The first kappa shape index (κ1) is 14.7. The Kier molecular flexibility index (Phi) is 4.18. The van der Waals surface area contributed by atoms with Crippen molar-refractivity contribution < 1.29 is 0 Å². The minimum Gasteiger partial charge on any atom is -0.356 e. The summed E-state index contributed by atoms with van der Waals surface area (Å²) in [5, 5.41) is 3.46. The molecule has 116 valence electrons. The number of anilines is 2. The number of aryl methyl sites for hydroxylation is 3. The predicted molar refractivity (Wildman–Crippen MR) is 87.1 cm³/mol. The maximum Gasteiger partial charge on any atom is 0.223 e. The average Bonchev–Trinajstić information content (AvgIpc) is 2.47. The minimum atomic E-state index is 0.417. The van der Waals surface area contributed by atoms with Crippen LogP contribution in [0.1, 0.15) is 29.9 Å². The summed E-state index contributed by atoms with van der Waals surface area (Å²) in [6.45, 7) is 7.97. The molecule has 0 aliphatic carbocycles. The van der Waals surface area contributed by atoms with Crippen molar-refractivity contribution in [1.82, 2.24) is 19.9 Å². The van der Waals surface area contributed by atoms with Crippen LogP contribution < -0.4 is 10.2 Å². The Hall–Kier alpha value is -2.24. The van der Waals surface area contributed by atoms with Crippen LogP contribution in [0.5, 0.6) is 0 Å². The molecule has 2 aromatic rings. The molecule has 0 bridgehead atoms. The Morgan fingerprint density at radius 1 is 0.955 bits per heavy atom. The van der Waals surface area contributed by atoms with Crippen molar-refractivity contribution in [3.63, 3.8) is 0 Å². The number of rotatable bonds is 3. The minimum absolute atomic E-state index is 0.417. The van der Waals surface area contributed by atoms with E-state index in [9.17, 15) is 0 Å². The molecule has 6 heteroatoms. The van der Waals surface area contributed by atoms with Crippen molar-refractivity contribution >= 4 is 11.8 Å². The van der Waals surface area contributed by atoms with Gasteiger partial charge in [-0.15, -0.1) is 0 Å². The van der Waals surface area contributed by atoms with Crippen LogP contribution in [0.3, 0.4) is 0 Å². The first-order chi connectivity index (χ1) is 10.6. The van der Waals surface area contributed by atoms with Crippen molar-refractivity contribution in [2.45, 2.75) is 39.7 Å². The number of nitrogens with one attached hydrogen (secondary N) is 1. The zero-order valence-corrected chi connectivity index (χ0v) is 13.4. The topological polar surface area (TPSA) is 66.8 Å². The largest absolute Gasteiger partial charge is 0.356 e. The summed E-state index contributed by atoms with van der Waals surface area (Å²) in [4.78, 5) is 19.8. The SMILES string of the molecule is Cc1cc(N2CCC(Nc3nc(C)cc(C)n3)CC2)ncn1. The van der Waals surface area contributed by atoms with Crippen molar-refractivity contribution in [3.8, 4) is 0 Å². The molecule has 0 atom stereocenters. The number of nitrogens with zero attached hydrogens (tertiary/aromatic N) is 5. The van der Waals surface area contributed by atoms with Gasteiger partial charge in [0.2, 0.25) is 5.95 Å². The first-order valence-corrected chi connectivity index (χ1v) is 7.72. The van der Waals surface area contributed by atoms with E-state index in [1.165, 1.54) is 0 Å². The summed E-state index contributed by atoms with van der Waals surface area (Å²) < 4.78 is 0. The molecule has 0 amide bonds. The highest BCUT2D eigenvalue weighted by Crippen LogP contribution is 2.19. The fraction of sp³-hybridized carbons (Fsp3) is 0.500. The van der Waals surface area contributed by atoms with Crippen LogP contribution in [0, 0.1) is 20.8 Å². The molecule has 0 radical (unpaired) electrons. The second-order valence-electron chi connectivity index (χ2n) is 5.90. The number of hydrogen-bond donors (Lipinski definition) is 1. The van der Waals surface area contributed by atoms with Gasteiger partial charge in [-0.2, -0.15) is 0 Å². The van der Waals surface area contributed by atoms with Crippen molar-refractivity contribution in [2.24, 2.45) is 0 Å². The van der Waals surface area contributed by atoms with E-state index in [-0.39, 0.29) is 0 Å². The Morgan fingerprint density at radius 3 is 2.27 bits per heavy atom. The maximum atomic E-state index is 4.46. The van der Waals surface area contributed by atoms with E-state index >= 15 is 0 Å². The zero-order valence-electron chi connectivity index (χ0n) is 13.4. The Balaban J connectivity index is 1.60. The molecule has 1 aliphatic rings. The van der Waals surface area contributed by atoms with Crippen molar-refractivity contribution in [2.75, 3.05) is 23.3 Å². The number of hydrogen-bond acceptors (Lipinski definition) is 6.